The van der Waals surface area contributed by atoms with Crippen molar-refractivity contribution < 1.29 is 0 Å². The van der Waals surface area contributed by atoms with E-state index in [1.165, 1.54) is 5.56 Å². The molecule has 4 aromatic rings. The number of para-hydroxylation sites is 1. The van der Waals surface area contributed by atoms with Crippen LogP contribution in [0.15, 0.2) is 76.9 Å². The number of aromatic nitrogens is 4. The molecule has 0 fully saturated rings. The van der Waals surface area contributed by atoms with Gasteiger partial charge in [-0.05, 0) is 24.1 Å². The van der Waals surface area contributed by atoms with Gasteiger partial charge in [0.1, 0.15) is 5.82 Å². The zero-order valence-corrected chi connectivity index (χ0v) is 16.6. The summed E-state index contributed by atoms with van der Waals surface area (Å²) >= 11 is 1.57. The summed E-state index contributed by atoms with van der Waals surface area (Å²) in [6.07, 6.45) is 4.71. The summed E-state index contributed by atoms with van der Waals surface area (Å²) in [6, 6.07) is 17.9. The minimum atomic E-state index is 0.0302. The van der Waals surface area contributed by atoms with E-state index in [0.29, 0.717) is 17.7 Å². The van der Waals surface area contributed by atoms with E-state index in [-0.39, 0.29) is 5.56 Å². The summed E-state index contributed by atoms with van der Waals surface area (Å²) in [7, 11) is 0. The number of rotatable bonds is 7. The van der Waals surface area contributed by atoms with Crippen LogP contribution in [0.1, 0.15) is 24.7 Å². The van der Waals surface area contributed by atoms with Crippen LogP contribution in [0.4, 0.5) is 0 Å². The standard InChI is InChI=1S/C22H22N4OS/c1-2-13-26-21(27)18-10-6-7-11-19(18)24-22(26)28-16-20-23-12-14-25(20)15-17-8-4-3-5-9-17/h3-12,14H,2,13,15-16H2,1H3. The molecular weight excluding hydrogens is 368 g/mol. The number of thioether (sulfide) groups is 1. The Labute approximate surface area is 168 Å². The van der Waals surface area contributed by atoms with Crippen LogP contribution in [0, 0.1) is 0 Å². The monoisotopic (exact) mass is 390 g/mol. The van der Waals surface area contributed by atoms with Gasteiger partial charge in [-0.25, -0.2) is 9.97 Å². The molecule has 4 rings (SSSR count). The fourth-order valence-corrected chi connectivity index (χ4v) is 4.20. The first-order valence-electron chi connectivity index (χ1n) is 9.42. The molecule has 0 saturated carbocycles. The van der Waals surface area contributed by atoms with E-state index >= 15 is 0 Å². The van der Waals surface area contributed by atoms with E-state index in [2.05, 4.69) is 28.6 Å². The van der Waals surface area contributed by atoms with Crippen LogP contribution in [0.5, 0.6) is 0 Å². The SMILES string of the molecule is CCCn1c(SCc2nccn2Cc2ccccc2)nc2ccccc2c1=O. The Kier molecular flexibility index (Phi) is 5.58. The lowest BCUT2D eigenvalue weighted by Gasteiger charge is -2.13. The highest BCUT2D eigenvalue weighted by Crippen LogP contribution is 2.22. The molecule has 2 aromatic carbocycles. The molecule has 0 N–H and O–H groups in total. The summed E-state index contributed by atoms with van der Waals surface area (Å²) in [5, 5.41) is 1.42. The highest BCUT2D eigenvalue weighted by Gasteiger charge is 2.12. The summed E-state index contributed by atoms with van der Waals surface area (Å²) in [4.78, 5) is 22.2. The van der Waals surface area contributed by atoms with Crippen LogP contribution in [-0.4, -0.2) is 19.1 Å². The smallest absolute Gasteiger partial charge is 0.262 e. The molecule has 0 aliphatic carbocycles. The molecule has 2 heterocycles. The van der Waals surface area contributed by atoms with Crippen molar-refractivity contribution in [1.82, 2.24) is 19.1 Å². The number of nitrogens with zero attached hydrogens (tertiary/aromatic N) is 4. The molecule has 0 atom stereocenters. The molecule has 0 saturated heterocycles. The molecule has 0 aliphatic rings. The molecule has 0 radical (unpaired) electrons. The second kappa shape index (κ2) is 8.44. The average Bonchev–Trinajstić information content (AvgIpc) is 3.16. The zero-order chi connectivity index (χ0) is 19.3. The summed E-state index contributed by atoms with van der Waals surface area (Å²) < 4.78 is 3.93. The quantitative estimate of drug-likeness (QED) is 0.348. The fourth-order valence-electron chi connectivity index (χ4n) is 3.21. The Morgan fingerprint density at radius 1 is 1.04 bits per heavy atom. The first kappa shape index (κ1) is 18.5. The number of imidazole rings is 1. The second-order valence-corrected chi connectivity index (χ2v) is 7.56. The van der Waals surface area contributed by atoms with Gasteiger partial charge >= 0.3 is 0 Å². The molecule has 0 amide bonds. The van der Waals surface area contributed by atoms with Crippen LogP contribution < -0.4 is 5.56 Å². The van der Waals surface area contributed by atoms with Crippen molar-refractivity contribution in [3.63, 3.8) is 0 Å². The first-order valence-corrected chi connectivity index (χ1v) is 10.4. The number of fused-ring (bicyclic) bond motifs is 1. The predicted octanol–water partition coefficient (Wildman–Crippen LogP) is 4.34. The lowest BCUT2D eigenvalue weighted by atomic mass is 10.2. The highest BCUT2D eigenvalue weighted by atomic mass is 32.2. The minimum absolute atomic E-state index is 0.0302. The van der Waals surface area contributed by atoms with Crippen LogP contribution in [-0.2, 0) is 18.8 Å². The Morgan fingerprint density at radius 3 is 2.64 bits per heavy atom. The number of benzene rings is 2. The van der Waals surface area contributed by atoms with E-state index in [0.717, 1.165) is 29.5 Å². The van der Waals surface area contributed by atoms with Gasteiger partial charge in [-0.15, -0.1) is 0 Å². The van der Waals surface area contributed by atoms with Crippen LogP contribution in [0.2, 0.25) is 0 Å². The van der Waals surface area contributed by atoms with Gasteiger partial charge in [0, 0.05) is 25.5 Å². The van der Waals surface area contributed by atoms with Gasteiger partial charge in [-0.3, -0.25) is 9.36 Å². The van der Waals surface area contributed by atoms with E-state index in [1.807, 2.05) is 54.9 Å². The van der Waals surface area contributed by atoms with Crippen molar-refractivity contribution in [2.75, 3.05) is 0 Å². The lowest BCUT2D eigenvalue weighted by molar-refractivity contribution is 0.584. The summed E-state index contributed by atoms with van der Waals surface area (Å²) in [5.74, 6) is 1.63. The van der Waals surface area contributed by atoms with Crippen molar-refractivity contribution in [3.8, 4) is 0 Å². The van der Waals surface area contributed by atoms with Gasteiger partial charge in [0.25, 0.3) is 5.56 Å². The van der Waals surface area contributed by atoms with Gasteiger partial charge in [-0.1, -0.05) is 61.2 Å². The van der Waals surface area contributed by atoms with Crippen molar-refractivity contribution in [1.29, 1.82) is 0 Å². The molecule has 2 aromatic heterocycles. The predicted molar refractivity (Wildman–Crippen MR) is 114 cm³/mol. The van der Waals surface area contributed by atoms with Crippen molar-refractivity contribution in [2.45, 2.75) is 37.3 Å². The largest absolute Gasteiger partial charge is 0.330 e. The van der Waals surface area contributed by atoms with Crippen molar-refractivity contribution >= 4 is 22.7 Å². The third kappa shape index (κ3) is 3.87. The Balaban J connectivity index is 1.60. The van der Waals surface area contributed by atoms with Gasteiger partial charge in [0.15, 0.2) is 5.16 Å². The maximum Gasteiger partial charge on any atom is 0.262 e. The molecule has 0 bridgehead atoms. The highest BCUT2D eigenvalue weighted by molar-refractivity contribution is 7.98. The first-order chi connectivity index (χ1) is 13.8. The van der Waals surface area contributed by atoms with Gasteiger partial charge < -0.3 is 4.57 Å². The van der Waals surface area contributed by atoms with Crippen LogP contribution >= 0.6 is 11.8 Å². The molecule has 142 valence electrons. The maximum absolute atomic E-state index is 12.9. The third-order valence-electron chi connectivity index (χ3n) is 4.60. The lowest BCUT2D eigenvalue weighted by Crippen LogP contribution is -2.23. The van der Waals surface area contributed by atoms with Gasteiger partial charge in [0.05, 0.1) is 16.7 Å². The fraction of sp³-hybridized carbons (Fsp3) is 0.227. The number of hydrogen-bond donors (Lipinski definition) is 0. The minimum Gasteiger partial charge on any atom is -0.330 e. The summed E-state index contributed by atoms with van der Waals surface area (Å²) in [6.45, 7) is 3.52. The third-order valence-corrected chi connectivity index (χ3v) is 5.57. The summed E-state index contributed by atoms with van der Waals surface area (Å²) in [5.41, 5.74) is 2.01. The van der Waals surface area contributed by atoms with Gasteiger partial charge in [0.2, 0.25) is 0 Å². The molecule has 0 spiro atoms. The molecular formula is C22H22N4OS. The Bertz CT molecular complexity index is 1130. The van der Waals surface area contributed by atoms with E-state index in [9.17, 15) is 4.79 Å². The van der Waals surface area contributed by atoms with E-state index in [4.69, 9.17) is 4.98 Å². The van der Waals surface area contributed by atoms with Gasteiger partial charge in [-0.2, -0.15) is 0 Å². The number of hydrogen-bond acceptors (Lipinski definition) is 4. The Morgan fingerprint density at radius 2 is 1.82 bits per heavy atom. The molecule has 28 heavy (non-hydrogen) atoms. The van der Waals surface area contributed by atoms with Crippen LogP contribution in [0.3, 0.4) is 0 Å². The van der Waals surface area contributed by atoms with E-state index in [1.54, 1.807) is 16.3 Å². The average molecular weight is 391 g/mol. The molecule has 5 nitrogen and oxygen atoms in total. The van der Waals surface area contributed by atoms with E-state index < -0.39 is 0 Å². The second-order valence-electron chi connectivity index (χ2n) is 6.61. The molecule has 0 unspecified atom stereocenters. The topological polar surface area (TPSA) is 52.7 Å². The normalized spacial score (nSPS) is 11.2. The van der Waals surface area contributed by atoms with Crippen molar-refractivity contribution in [2.24, 2.45) is 0 Å². The van der Waals surface area contributed by atoms with Crippen molar-refractivity contribution in [3.05, 3.63) is 88.7 Å². The molecule has 6 heteroatoms. The Hall–Kier alpha value is -2.86. The maximum atomic E-state index is 12.9. The zero-order valence-electron chi connectivity index (χ0n) is 15.8. The molecule has 0 aliphatic heterocycles. The van der Waals surface area contributed by atoms with Crippen LogP contribution in [0.25, 0.3) is 10.9 Å².